The first-order chi connectivity index (χ1) is 12.4. The van der Waals surface area contributed by atoms with E-state index in [1.807, 2.05) is 18.2 Å². The van der Waals surface area contributed by atoms with E-state index in [1.165, 1.54) is 0 Å². The van der Waals surface area contributed by atoms with Crippen molar-refractivity contribution >= 4 is 23.5 Å². The van der Waals surface area contributed by atoms with Crippen molar-refractivity contribution in [2.24, 2.45) is 0 Å². The number of esters is 1. The third-order valence-electron chi connectivity index (χ3n) is 4.39. The van der Waals surface area contributed by atoms with Crippen LogP contribution in [0.3, 0.4) is 0 Å². The van der Waals surface area contributed by atoms with E-state index in [1.54, 1.807) is 20.8 Å². The molecule has 0 saturated carbocycles. The van der Waals surface area contributed by atoms with E-state index in [2.05, 4.69) is 29.5 Å². The second-order valence-corrected chi connectivity index (χ2v) is 6.08. The Morgan fingerprint density at radius 2 is 1.65 bits per heavy atom. The normalized spacial score (nSPS) is 10.5. The van der Waals surface area contributed by atoms with Crippen molar-refractivity contribution in [3.63, 3.8) is 0 Å². The fourth-order valence-electron chi connectivity index (χ4n) is 3.05. The van der Waals surface area contributed by atoms with Crippen LogP contribution in [0.15, 0.2) is 18.2 Å². The Bertz CT molecular complexity index is 787. The standard InChI is InChI=1S/C20H27N3O3/c1-6-14-10-9-11-15(7-2)17(14)22-20(25)23-18-12(4)16(13(5)21-18)19(24)26-8-3/h9-11,21H,6-8H2,1-5H3,(H2,22,23,25). The Kier molecular flexibility index (Phi) is 6.44. The lowest BCUT2D eigenvalue weighted by Gasteiger charge is -2.15. The minimum atomic E-state index is -0.392. The summed E-state index contributed by atoms with van der Waals surface area (Å²) < 4.78 is 5.08. The summed E-state index contributed by atoms with van der Waals surface area (Å²) in [6.07, 6.45) is 1.66. The summed E-state index contributed by atoms with van der Waals surface area (Å²) in [5.41, 5.74) is 4.82. The highest BCUT2D eigenvalue weighted by Crippen LogP contribution is 2.25. The molecule has 2 rings (SSSR count). The molecule has 26 heavy (non-hydrogen) atoms. The van der Waals surface area contributed by atoms with Crippen LogP contribution in [-0.4, -0.2) is 23.6 Å². The Hall–Kier alpha value is -2.76. The number of para-hydroxylation sites is 1. The molecule has 2 amide bonds. The SMILES string of the molecule is CCOC(=O)c1c(C)[nH]c(NC(=O)Nc2c(CC)cccc2CC)c1C. The van der Waals surface area contributed by atoms with Gasteiger partial charge in [0.15, 0.2) is 0 Å². The van der Waals surface area contributed by atoms with Crippen molar-refractivity contribution in [1.29, 1.82) is 0 Å². The van der Waals surface area contributed by atoms with Crippen molar-refractivity contribution < 1.29 is 14.3 Å². The average molecular weight is 357 g/mol. The highest BCUT2D eigenvalue weighted by Gasteiger charge is 2.20. The van der Waals surface area contributed by atoms with Gasteiger partial charge in [-0.05, 0) is 44.7 Å². The van der Waals surface area contributed by atoms with Crippen molar-refractivity contribution in [3.05, 3.63) is 46.1 Å². The molecule has 0 atom stereocenters. The van der Waals surface area contributed by atoms with Gasteiger partial charge >= 0.3 is 12.0 Å². The molecule has 0 radical (unpaired) electrons. The number of aryl methyl sites for hydroxylation is 3. The van der Waals surface area contributed by atoms with Crippen molar-refractivity contribution in [2.45, 2.75) is 47.5 Å². The van der Waals surface area contributed by atoms with Gasteiger partial charge in [0.1, 0.15) is 5.82 Å². The van der Waals surface area contributed by atoms with Gasteiger partial charge in [0.05, 0.1) is 12.2 Å². The van der Waals surface area contributed by atoms with Gasteiger partial charge in [-0.1, -0.05) is 32.0 Å². The Morgan fingerprint density at radius 3 is 2.19 bits per heavy atom. The number of benzene rings is 1. The summed E-state index contributed by atoms with van der Waals surface area (Å²) in [5.74, 6) is 0.104. The van der Waals surface area contributed by atoms with E-state index in [0.717, 1.165) is 29.7 Å². The number of hydrogen-bond donors (Lipinski definition) is 3. The summed E-state index contributed by atoms with van der Waals surface area (Å²) in [6.45, 7) is 9.74. The first-order valence-electron chi connectivity index (χ1n) is 8.97. The van der Waals surface area contributed by atoms with Crippen LogP contribution in [0.2, 0.25) is 0 Å². The van der Waals surface area contributed by atoms with Crippen LogP contribution in [0.25, 0.3) is 0 Å². The maximum atomic E-state index is 12.5. The van der Waals surface area contributed by atoms with Gasteiger partial charge in [-0.3, -0.25) is 5.32 Å². The van der Waals surface area contributed by atoms with Crippen LogP contribution in [0.5, 0.6) is 0 Å². The fraction of sp³-hybridized carbons (Fsp3) is 0.400. The molecule has 1 heterocycles. The molecule has 0 unspecified atom stereocenters. The molecule has 0 aliphatic carbocycles. The molecule has 0 aliphatic rings. The summed E-state index contributed by atoms with van der Waals surface area (Å²) >= 11 is 0. The van der Waals surface area contributed by atoms with E-state index >= 15 is 0 Å². The van der Waals surface area contributed by atoms with Gasteiger partial charge in [-0.2, -0.15) is 0 Å². The molecular weight excluding hydrogens is 330 g/mol. The number of H-pyrrole nitrogens is 1. The summed E-state index contributed by atoms with van der Waals surface area (Å²) in [5, 5.41) is 5.76. The molecule has 0 bridgehead atoms. The first-order valence-corrected chi connectivity index (χ1v) is 8.97. The maximum absolute atomic E-state index is 12.5. The lowest BCUT2D eigenvalue weighted by atomic mass is 10.0. The zero-order valence-electron chi connectivity index (χ0n) is 16.1. The van der Waals surface area contributed by atoms with Crippen LogP contribution in [0.4, 0.5) is 16.3 Å². The second-order valence-electron chi connectivity index (χ2n) is 6.08. The monoisotopic (exact) mass is 357 g/mol. The zero-order valence-corrected chi connectivity index (χ0v) is 16.1. The highest BCUT2D eigenvalue weighted by atomic mass is 16.5. The minimum Gasteiger partial charge on any atom is -0.462 e. The van der Waals surface area contributed by atoms with Crippen molar-refractivity contribution in [1.82, 2.24) is 4.98 Å². The number of rotatable bonds is 6. The predicted octanol–water partition coefficient (Wildman–Crippen LogP) is 4.58. The van der Waals surface area contributed by atoms with Crippen LogP contribution < -0.4 is 10.6 Å². The smallest absolute Gasteiger partial charge is 0.340 e. The van der Waals surface area contributed by atoms with E-state index in [0.29, 0.717) is 29.2 Å². The second kappa shape index (κ2) is 8.56. The Morgan fingerprint density at radius 1 is 1.04 bits per heavy atom. The van der Waals surface area contributed by atoms with Crippen LogP contribution in [0.1, 0.15) is 53.5 Å². The Labute approximate surface area is 154 Å². The number of anilines is 2. The van der Waals surface area contributed by atoms with Gasteiger partial charge in [-0.25, -0.2) is 9.59 Å². The van der Waals surface area contributed by atoms with Crippen LogP contribution in [0, 0.1) is 13.8 Å². The molecule has 3 N–H and O–H groups in total. The van der Waals surface area contributed by atoms with Crippen molar-refractivity contribution in [2.75, 3.05) is 17.2 Å². The van der Waals surface area contributed by atoms with Gasteiger partial charge in [-0.15, -0.1) is 0 Å². The molecule has 1 aromatic heterocycles. The third kappa shape index (κ3) is 4.07. The van der Waals surface area contributed by atoms with E-state index in [9.17, 15) is 9.59 Å². The highest BCUT2D eigenvalue weighted by molar-refractivity contribution is 6.02. The topological polar surface area (TPSA) is 83.2 Å². The molecule has 1 aromatic carbocycles. The number of nitrogens with one attached hydrogen (secondary N) is 3. The maximum Gasteiger partial charge on any atom is 0.340 e. The third-order valence-corrected chi connectivity index (χ3v) is 4.39. The number of amides is 2. The van der Waals surface area contributed by atoms with E-state index in [-0.39, 0.29) is 6.03 Å². The van der Waals surface area contributed by atoms with Crippen molar-refractivity contribution in [3.8, 4) is 0 Å². The molecule has 2 aromatic rings. The number of ether oxygens (including phenoxy) is 1. The van der Waals surface area contributed by atoms with Gasteiger partial charge in [0, 0.05) is 16.9 Å². The molecule has 6 nitrogen and oxygen atoms in total. The minimum absolute atomic E-state index is 0.305. The van der Waals surface area contributed by atoms with Crippen LogP contribution >= 0.6 is 0 Å². The molecule has 0 aliphatic heterocycles. The molecule has 0 spiro atoms. The number of hydrogen-bond acceptors (Lipinski definition) is 3. The number of aromatic nitrogens is 1. The summed E-state index contributed by atoms with van der Waals surface area (Å²) in [7, 11) is 0. The molecule has 140 valence electrons. The summed E-state index contributed by atoms with van der Waals surface area (Å²) in [6, 6.07) is 5.68. The van der Waals surface area contributed by atoms with E-state index in [4.69, 9.17) is 4.74 Å². The molecule has 6 heteroatoms. The largest absolute Gasteiger partial charge is 0.462 e. The Balaban J connectivity index is 2.22. The molecule has 0 fully saturated rings. The first kappa shape index (κ1) is 19.6. The van der Waals surface area contributed by atoms with Gasteiger partial charge in [0.2, 0.25) is 0 Å². The summed E-state index contributed by atoms with van der Waals surface area (Å²) in [4.78, 5) is 27.7. The fourth-order valence-corrected chi connectivity index (χ4v) is 3.05. The molecule has 0 saturated heterocycles. The quantitative estimate of drug-likeness (QED) is 0.662. The van der Waals surface area contributed by atoms with Crippen LogP contribution in [-0.2, 0) is 17.6 Å². The lowest BCUT2D eigenvalue weighted by molar-refractivity contribution is 0.0525. The molecular formula is C20H27N3O3. The van der Waals surface area contributed by atoms with E-state index < -0.39 is 5.97 Å². The lowest BCUT2D eigenvalue weighted by Crippen LogP contribution is -2.22. The average Bonchev–Trinajstić information content (AvgIpc) is 2.88. The number of carbonyl (C=O) groups excluding carboxylic acids is 2. The number of aromatic amines is 1. The predicted molar refractivity (Wildman–Crippen MR) is 104 cm³/mol. The van der Waals surface area contributed by atoms with Gasteiger partial charge in [0.25, 0.3) is 0 Å². The zero-order chi connectivity index (χ0) is 19.3. The van der Waals surface area contributed by atoms with Gasteiger partial charge < -0.3 is 15.0 Å². The number of urea groups is 1. The number of carbonyl (C=O) groups is 2.